The van der Waals surface area contributed by atoms with Gasteiger partial charge in [-0.15, -0.1) is 0 Å². The molecule has 0 radical (unpaired) electrons. The van der Waals surface area contributed by atoms with Gasteiger partial charge in [-0.2, -0.15) is 0 Å². The van der Waals surface area contributed by atoms with Crippen LogP contribution in [0.5, 0.6) is 0 Å². The molecule has 23 heavy (non-hydrogen) atoms. The molecule has 0 aliphatic rings. The molecule has 0 aliphatic heterocycles. The van der Waals surface area contributed by atoms with Crippen molar-refractivity contribution in [1.29, 1.82) is 0 Å². The molecule has 2 N–H and O–H groups in total. The Morgan fingerprint density at radius 3 is 2.78 bits per heavy atom. The second-order valence-corrected chi connectivity index (χ2v) is 5.31. The van der Waals surface area contributed by atoms with E-state index in [1.54, 1.807) is 12.3 Å². The van der Waals surface area contributed by atoms with E-state index in [0.29, 0.717) is 6.54 Å². The summed E-state index contributed by atoms with van der Waals surface area (Å²) in [4.78, 5) is 22.5. The zero-order valence-corrected chi connectivity index (χ0v) is 13.4. The molecule has 0 saturated carbocycles. The Kier molecular flexibility index (Phi) is 5.05. The standard InChI is InChI=1S/C17H20N2O4/c1-11-9-14(6-7-16(20)23-13(3)17(18)21)12(2)19(11)10-15-5-4-8-22-15/h4-9,13H,10H2,1-3H3,(H2,18,21)/b7-6+/t13-/m0/s1. The number of ether oxygens (including phenoxy) is 1. The van der Waals surface area contributed by atoms with Gasteiger partial charge in [-0.1, -0.05) is 0 Å². The summed E-state index contributed by atoms with van der Waals surface area (Å²) < 4.78 is 12.3. The van der Waals surface area contributed by atoms with Crippen molar-refractivity contribution >= 4 is 18.0 Å². The molecular weight excluding hydrogens is 296 g/mol. The van der Waals surface area contributed by atoms with Gasteiger partial charge in [-0.05, 0) is 50.6 Å². The van der Waals surface area contributed by atoms with Crippen LogP contribution in [0.15, 0.2) is 35.0 Å². The fraction of sp³-hybridized carbons (Fsp3) is 0.294. The fourth-order valence-corrected chi connectivity index (χ4v) is 2.23. The third-order valence-corrected chi connectivity index (χ3v) is 3.60. The highest BCUT2D eigenvalue weighted by Gasteiger charge is 2.13. The largest absolute Gasteiger partial charge is 0.467 e. The Morgan fingerprint density at radius 2 is 2.17 bits per heavy atom. The predicted molar refractivity (Wildman–Crippen MR) is 85.5 cm³/mol. The van der Waals surface area contributed by atoms with Gasteiger partial charge in [-0.3, -0.25) is 4.79 Å². The molecule has 2 aromatic rings. The van der Waals surface area contributed by atoms with E-state index >= 15 is 0 Å². The van der Waals surface area contributed by atoms with Crippen molar-refractivity contribution in [2.24, 2.45) is 5.73 Å². The number of carbonyl (C=O) groups is 2. The van der Waals surface area contributed by atoms with E-state index in [2.05, 4.69) is 4.57 Å². The van der Waals surface area contributed by atoms with Crippen molar-refractivity contribution in [1.82, 2.24) is 4.57 Å². The zero-order chi connectivity index (χ0) is 17.0. The first-order chi connectivity index (χ1) is 10.9. The summed E-state index contributed by atoms with van der Waals surface area (Å²) in [6.45, 7) is 6.01. The summed E-state index contributed by atoms with van der Waals surface area (Å²) >= 11 is 0. The van der Waals surface area contributed by atoms with E-state index in [4.69, 9.17) is 14.9 Å². The van der Waals surface area contributed by atoms with Crippen LogP contribution in [-0.4, -0.2) is 22.5 Å². The first-order valence-electron chi connectivity index (χ1n) is 7.25. The fourth-order valence-electron chi connectivity index (χ4n) is 2.23. The van der Waals surface area contributed by atoms with E-state index in [9.17, 15) is 9.59 Å². The van der Waals surface area contributed by atoms with Crippen molar-refractivity contribution < 1.29 is 18.7 Å². The number of esters is 1. The highest BCUT2D eigenvalue weighted by Crippen LogP contribution is 2.18. The molecule has 0 bridgehead atoms. The van der Waals surface area contributed by atoms with Crippen molar-refractivity contribution in [2.75, 3.05) is 0 Å². The van der Waals surface area contributed by atoms with Gasteiger partial charge in [0.05, 0.1) is 12.8 Å². The molecule has 2 rings (SSSR count). The van der Waals surface area contributed by atoms with Crippen molar-refractivity contribution in [3.05, 3.63) is 53.2 Å². The predicted octanol–water partition coefficient (Wildman–Crippen LogP) is 2.18. The molecule has 1 amide bonds. The van der Waals surface area contributed by atoms with Crippen LogP contribution < -0.4 is 5.73 Å². The van der Waals surface area contributed by atoms with E-state index in [-0.39, 0.29) is 0 Å². The Hall–Kier alpha value is -2.76. The number of primary amides is 1. The Balaban J connectivity index is 2.10. The third kappa shape index (κ3) is 4.12. The Morgan fingerprint density at radius 1 is 1.43 bits per heavy atom. The number of hydrogen-bond donors (Lipinski definition) is 1. The molecule has 0 fully saturated rings. The van der Waals surface area contributed by atoms with Gasteiger partial charge in [0.2, 0.25) is 0 Å². The number of hydrogen-bond acceptors (Lipinski definition) is 4. The second kappa shape index (κ2) is 7.00. The minimum Gasteiger partial charge on any atom is -0.467 e. The molecule has 0 aromatic carbocycles. The first kappa shape index (κ1) is 16.6. The summed E-state index contributed by atoms with van der Waals surface area (Å²) in [6.07, 6.45) is 3.65. The molecule has 0 saturated heterocycles. The van der Waals surface area contributed by atoms with Gasteiger partial charge in [0.25, 0.3) is 5.91 Å². The van der Waals surface area contributed by atoms with Crippen LogP contribution in [0, 0.1) is 13.8 Å². The van der Waals surface area contributed by atoms with Crippen molar-refractivity contribution in [3.8, 4) is 0 Å². The van der Waals surface area contributed by atoms with Gasteiger partial charge in [-0.25, -0.2) is 4.79 Å². The van der Waals surface area contributed by atoms with Gasteiger partial charge in [0, 0.05) is 17.5 Å². The molecular formula is C17H20N2O4. The van der Waals surface area contributed by atoms with Gasteiger partial charge in [0.15, 0.2) is 6.10 Å². The molecule has 2 heterocycles. The summed E-state index contributed by atoms with van der Waals surface area (Å²) in [7, 11) is 0. The topological polar surface area (TPSA) is 87.5 Å². The number of amides is 1. The molecule has 0 spiro atoms. The summed E-state index contributed by atoms with van der Waals surface area (Å²) in [6, 6.07) is 5.73. The lowest BCUT2D eigenvalue weighted by Gasteiger charge is -2.07. The molecule has 2 aromatic heterocycles. The van der Waals surface area contributed by atoms with Crippen molar-refractivity contribution in [2.45, 2.75) is 33.4 Å². The molecule has 122 valence electrons. The number of nitrogens with two attached hydrogens (primary N) is 1. The maximum atomic E-state index is 11.7. The van der Waals surface area contributed by atoms with Gasteiger partial charge < -0.3 is 19.5 Å². The number of rotatable bonds is 6. The number of aromatic nitrogens is 1. The summed E-state index contributed by atoms with van der Waals surface area (Å²) in [5, 5.41) is 0. The minimum absolute atomic E-state index is 0.605. The maximum absolute atomic E-state index is 11.7. The van der Waals surface area contributed by atoms with Crippen LogP contribution in [0.3, 0.4) is 0 Å². The van der Waals surface area contributed by atoms with Crippen LogP contribution in [0.2, 0.25) is 0 Å². The molecule has 1 atom stereocenters. The van der Waals surface area contributed by atoms with Crippen LogP contribution in [0.4, 0.5) is 0 Å². The highest BCUT2D eigenvalue weighted by atomic mass is 16.5. The van der Waals surface area contributed by atoms with Crippen LogP contribution in [0.25, 0.3) is 6.08 Å². The second-order valence-electron chi connectivity index (χ2n) is 5.31. The maximum Gasteiger partial charge on any atom is 0.331 e. The number of carbonyl (C=O) groups excluding carboxylic acids is 2. The van der Waals surface area contributed by atoms with Gasteiger partial charge >= 0.3 is 5.97 Å². The molecule has 0 unspecified atom stereocenters. The normalized spacial score (nSPS) is 12.5. The van der Waals surface area contributed by atoms with Crippen LogP contribution >= 0.6 is 0 Å². The molecule has 0 aliphatic carbocycles. The first-order valence-corrected chi connectivity index (χ1v) is 7.25. The van der Waals surface area contributed by atoms with E-state index in [0.717, 1.165) is 22.7 Å². The average Bonchev–Trinajstić information content (AvgIpc) is 3.09. The van der Waals surface area contributed by atoms with E-state index in [1.807, 2.05) is 32.0 Å². The number of furan rings is 1. The summed E-state index contributed by atoms with van der Waals surface area (Å²) in [5.74, 6) is -0.424. The Labute approximate surface area is 134 Å². The minimum atomic E-state index is -0.946. The number of aryl methyl sites for hydroxylation is 1. The number of nitrogens with zero attached hydrogens (tertiary/aromatic N) is 1. The van der Waals surface area contributed by atoms with Crippen molar-refractivity contribution in [3.63, 3.8) is 0 Å². The average molecular weight is 316 g/mol. The summed E-state index contributed by atoms with van der Waals surface area (Å²) in [5.41, 5.74) is 8.01. The third-order valence-electron chi connectivity index (χ3n) is 3.60. The lowest BCUT2D eigenvalue weighted by atomic mass is 10.2. The Bertz CT molecular complexity index is 726. The molecule has 6 nitrogen and oxygen atoms in total. The highest BCUT2D eigenvalue weighted by molar-refractivity contribution is 5.90. The quantitative estimate of drug-likeness (QED) is 0.653. The zero-order valence-electron chi connectivity index (χ0n) is 13.4. The van der Waals surface area contributed by atoms with E-state index < -0.39 is 18.0 Å². The lowest BCUT2D eigenvalue weighted by molar-refractivity contribution is -0.148. The lowest BCUT2D eigenvalue weighted by Crippen LogP contribution is -2.29. The van der Waals surface area contributed by atoms with Crippen LogP contribution in [0.1, 0.15) is 29.6 Å². The van der Waals surface area contributed by atoms with Crippen LogP contribution in [-0.2, 0) is 20.9 Å². The molecule has 6 heteroatoms. The monoisotopic (exact) mass is 316 g/mol. The smallest absolute Gasteiger partial charge is 0.331 e. The van der Waals surface area contributed by atoms with Gasteiger partial charge in [0.1, 0.15) is 5.76 Å². The SMILES string of the molecule is Cc1cc(/C=C/C(=O)O[C@@H](C)C(N)=O)c(C)n1Cc1ccco1. The van der Waals surface area contributed by atoms with E-state index in [1.165, 1.54) is 13.0 Å².